The molecule has 102 valence electrons. The number of carbonyl (C=O) groups excluding carboxylic acids is 1. The minimum atomic E-state index is -0.512. The van der Waals surface area contributed by atoms with Crippen LogP contribution in [0.5, 0.6) is 0 Å². The van der Waals surface area contributed by atoms with Gasteiger partial charge < -0.3 is 5.32 Å². The van der Waals surface area contributed by atoms with Crippen LogP contribution in [0.2, 0.25) is 0 Å². The molecule has 0 atom stereocenters. The largest absolute Gasteiger partial charge is 0.321 e. The van der Waals surface area contributed by atoms with Crippen molar-refractivity contribution in [2.75, 3.05) is 5.32 Å². The molecule has 0 aliphatic rings. The number of aryl methyl sites for hydroxylation is 1. The maximum Gasteiger partial charge on any atom is 0.270 e. The molecule has 0 aromatic heterocycles. The number of nitrogens with one attached hydrogen (secondary N) is 1. The second kappa shape index (κ2) is 5.83. The topological polar surface area (TPSA) is 72.2 Å². The highest BCUT2D eigenvalue weighted by atomic mass is 79.9. The number of hydrogen-bond donors (Lipinski definition) is 1. The lowest BCUT2D eigenvalue weighted by Gasteiger charge is -2.07. The van der Waals surface area contributed by atoms with E-state index in [-0.39, 0.29) is 17.2 Å². The van der Waals surface area contributed by atoms with Crippen molar-refractivity contribution in [1.29, 1.82) is 0 Å². The molecule has 2 aromatic carbocycles. The molecule has 6 heteroatoms. The van der Waals surface area contributed by atoms with E-state index in [2.05, 4.69) is 21.2 Å². The summed E-state index contributed by atoms with van der Waals surface area (Å²) in [7, 11) is 0. The lowest BCUT2D eigenvalue weighted by molar-refractivity contribution is -0.384. The molecule has 0 aliphatic carbocycles. The van der Waals surface area contributed by atoms with Gasteiger partial charge in [0.15, 0.2) is 0 Å². The number of nitro groups is 1. The maximum atomic E-state index is 12.1. The van der Waals surface area contributed by atoms with Gasteiger partial charge in [0.25, 0.3) is 11.6 Å². The van der Waals surface area contributed by atoms with E-state index in [1.54, 1.807) is 31.2 Å². The average molecular weight is 335 g/mol. The Labute approximate surface area is 123 Å². The van der Waals surface area contributed by atoms with Crippen molar-refractivity contribution in [2.45, 2.75) is 6.92 Å². The van der Waals surface area contributed by atoms with E-state index in [4.69, 9.17) is 0 Å². The van der Waals surface area contributed by atoms with Crippen molar-refractivity contribution in [3.8, 4) is 0 Å². The highest BCUT2D eigenvalue weighted by Gasteiger charge is 2.14. The maximum absolute atomic E-state index is 12.1. The zero-order chi connectivity index (χ0) is 14.7. The summed E-state index contributed by atoms with van der Waals surface area (Å²) >= 11 is 3.33. The average Bonchev–Trinajstić information content (AvgIpc) is 2.40. The third-order valence-corrected chi connectivity index (χ3v) is 3.35. The van der Waals surface area contributed by atoms with Gasteiger partial charge in [-0.1, -0.05) is 12.1 Å². The van der Waals surface area contributed by atoms with Gasteiger partial charge in [-0.3, -0.25) is 14.9 Å². The van der Waals surface area contributed by atoms with Gasteiger partial charge in [0, 0.05) is 22.2 Å². The Balaban J connectivity index is 2.30. The van der Waals surface area contributed by atoms with Crippen LogP contribution in [0.25, 0.3) is 0 Å². The van der Waals surface area contributed by atoms with Crippen molar-refractivity contribution in [1.82, 2.24) is 0 Å². The highest BCUT2D eigenvalue weighted by Crippen LogP contribution is 2.23. The van der Waals surface area contributed by atoms with Gasteiger partial charge in [-0.05, 0) is 46.6 Å². The van der Waals surface area contributed by atoms with Gasteiger partial charge in [-0.15, -0.1) is 0 Å². The van der Waals surface area contributed by atoms with E-state index in [1.165, 1.54) is 12.1 Å². The van der Waals surface area contributed by atoms with Crippen LogP contribution in [-0.2, 0) is 0 Å². The number of rotatable bonds is 3. The molecule has 0 saturated carbocycles. The quantitative estimate of drug-likeness (QED) is 0.683. The van der Waals surface area contributed by atoms with Crippen molar-refractivity contribution in [3.63, 3.8) is 0 Å². The van der Waals surface area contributed by atoms with Gasteiger partial charge in [0.1, 0.15) is 0 Å². The molecule has 1 amide bonds. The van der Waals surface area contributed by atoms with Gasteiger partial charge in [0.05, 0.1) is 10.6 Å². The highest BCUT2D eigenvalue weighted by molar-refractivity contribution is 9.10. The predicted octanol–water partition coefficient (Wildman–Crippen LogP) is 3.92. The van der Waals surface area contributed by atoms with Gasteiger partial charge >= 0.3 is 0 Å². The smallest absolute Gasteiger partial charge is 0.270 e. The first-order valence-electron chi connectivity index (χ1n) is 5.79. The molecule has 0 fully saturated rings. The Morgan fingerprint density at radius 3 is 2.60 bits per heavy atom. The summed E-state index contributed by atoms with van der Waals surface area (Å²) in [5, 5.41) is 13.5. The molecule has 5 nitrogen and oxygen atoms in total. The van der Waals surface area contributed by atoms with Crippen LogP contribution in [0.4, 0.5) is 11.4 Å². The SMILES string of the molecule is Cc1cc(C(=O)Nc2ccccc2Br)cc([N+](=O)[O-])c1. The van der Waals surface area contributed by atoms with Crippen LogP contribution in [0.15, 0.2) is 46.9 Å². The summed E-state index contributed by atoms with van der Waals surface area (Å²) in [5.41, 5.74) is 1.44. The summed E-state index contributed by atoms with van der Waals surface area (Å²) in [6, 6.07) is 11.5. The second-order valence-corrected chi connectivity index (χ2v) is 5.10. The summed E-state index contributed by atoms with van der Waals surface area (Å²) in [6.07, 6.45) is 0. The number of non-ortho nitro benzene ring substituents is 1. The van der Waals surface area contributed by atoms with Gasteiger partial charge in [-0.25, -0.2) is 0 Å². The van der Waals surface area contributed by atoms with Gasteiger partial charge in [0.2, 0.25) is 0 Å². The standard InChI is InChI=1S/C14H11BrN2O3/c1-9-6-10(8-11(7-9)17(19)20)14(18)16-13-5-3-2-4-12(13)15/h2-8H,1H3,(H,16,18). The molecule has 0 unspecified atom stereocenters. The molecule has 1 N–H and O–H groups in total. The second-order valence-electron chi connectivity index (χ2n) is 4.25. The Morgan fingerprint density at radius 1 is 1.25 bits per heavy atom. The number of benzene rings is 2. The normalized spacial score (nSPS) is 10.1. The van der Waals surface area contributed by atoms with Crippen molar-refractivity contribution >= 4 is 33.2 Å². The van der Waals surface area contributed by atoms with Gasteiger partial charge in [-0.2, -0.15) is 0 Å². The molecule has 0 spiro atoms. The monoisotopic (exact) mass is 334 g/mol. The molecule has 20 heavy (non-hydrogen) atoms. The van der Waals surface area contributed by atoms with Crippen molar-refractivity contribution in [2.24, 2.45) is 0 Å². The minimum Gasteiger partial charge on any atom is -0.321 e. The van der Waals surface area contributed by atoms with Crippen LogP contribution in [-0.4, -0.2) is 10.8 Å². The summed E-state index contributed by atoms with van der Waals surface area (Å²) in [5.74, 6) is -0.385. The number of carbonyl (C=O) groups is 1. The molecule has 0 radical (unpaired) electrons. The minimum absolute atomic E-state index is 0.0951. The fourth-order valence-corrected chi connectivity index (χ4v) is 2.14. The molecule has 0 saturated heterocycles. The Kier molecular flexibility index (Phi) is 4.14. The zero-order valence-corrected chi connectivity index (χ0v) is 12.2. The Morgan fingerprint density at radius 2 is 1.95 bits per heavy atom. The lowest BCUT2D eigenvalue weighted by atomic mass is 10.1. The van der Waals surface area contributed by atoms with Crippen LogP contribution < -0.4 is 5.32 Å². The van der Waals surface area contributed by atoms with Crippen molar-refractivity contribution in [3.05, 3.63) is 68.2 Å². The summed E-state index contributed by atoms with van der Waals surface area (Å²) < 4.78 is 0.746. The third-order valence-electron chi connectivity index (χ3n) is 2.66. The van der Waals surface area contributed by atoms with E-state index in [1.807, 2.05) is 6.07 Å². The third kappa shape index (κ3) is 3.21. The molecule has 0 aliphatic heterocycles. The van der Waals surface area contributed by atoms with Crippen LogP contribution in [0.3, 0.4) is 0 Å². The van der Waals surface area contributed by atoms with E-state index < -0.39 is 4.92 Å². The van der Waals surface area contributed by atoms with Crippen LogP contribution in [0, 0.1) is 17.0 Å². The van der Waals surface area contributed by atoms with Crippen molar-refractivity contribution < 1.29 is 9.72 Å². The van der Waals surface area contributed by atoms with E-state index in [9.17, 15) is 14.9 Å². The number of para-hydroxylation sites is 1. The Bertz CT molecular complexity index is 686. The number of nitrogens with zero attached hydrogens (tertiary/aromatic N) is 1. The van der Waals surface area contributed by atoms with E-state index in [0.29, 0.717) is 11.3 Å². The van der Waals surface area contributed by atoms with E-state index >= 15 is 0 Å². The molecule has 2 rings (SSSR count). The number of anilines is 1. The predicted molar refractivity (Wildman–Crippen MR) is 79.9 cm³/mol. The summed E-state index contributed by atoms with van der Waals surface area (Å²) in [6.45, 7) is 1.71. The number of hydrogen-bond acceptors (Lipinski definition) is 3. The first-order chi connectivity index (χ1) is 9.47. The zero-order valence-electron chi connectivity index (χ0n) is 10.6. The molecule has 0 bridgehead atoms. The Hall–Kier alpha value is -2.21. The summed E-state index contributed by atoms with van der Waals surface area (Å²) in [4.78, 5) is 22.4. The fraction of sp³-hybridized carbons (Fsp3) is 0.0714. The fourth-order valence-electron chi connectivity index (χ4n) is 1.76. The van der Waals surface area contributed by atoms with E-state index in [0.717, 1.165) is 4.47 Å². The van der Waals surface area contributed by atoms with Crippen LogP contribution >= 0.6 is 15.9 Å². The molecular formula is C14H11BrN2O3. The first kappa shape index (κ1) is 14.2. The molecule has 2 aromatic rings. The number of amides is 1. The first-order valence-corrected chi connectivity index (χ1v) is 6.58. The molecule has 0 heterocycles. The number of halogens is 1. The number of nitro benzene ring substituents is 1. The van der Waals surface area contributed by atoms with Crippen LogP contribution in [0.1, 0.15) is 15.9 Å². The lowest BCUT2D eigenvalue weighted by Crippen LogP contribution is -2.12. The molecular weight excluding hydrogens is 324 g/mol.